The molecule has 138 valence electrons. The maximum Gasteiger partial charge on any atom is 0.123 e. The number of hydrogen-bond acceptors (Lipinski definition) is 2. The number of nitrogens with zero attached hydrogens (tertiary/aromatic N) is 2. The van der Waals surface area contributed by atoms with Gasteiger partial charge in [0, 0.05) is 23.3 Å². The predicted molar refractivity (Wildman–Crippen MR) is 108 cm³/mol. The van der Waals surface area contributed by atoms with Crippen molar-refractivity contribution in [1.29, 1.82) is 0 Å². The average Bonchev–Trinajstić information content (AvgIpc) is 2.70. The molecule has 0 radical (unpaired) electrons. The number of benzene rings is 2. The molecule has 0 amide bonds. The summed E-state index contributed by atoms with van der Waals surface area (Å²) in [5, 5.41) is 0.797. The van der Waals surface area contributed by atoms with Crippen LogP contribution < -0.4 is 0 Å². The zero-order valence-corrected chi connectivity index (χ0v) is 15.9. The van der Waals surface area contributed by atoms with Gasteiger partial charge in [0.1, 0.15) is 5.82 Å². The van der Waals surface area contributed by atoms with E-state index in [1.165, 1.54) is 23.3 Å². The molecule has 1 aliphatic rings. The van der Waals surface area contributed by atoms with Gasteiger partial charge in [-0.25, -0.2) is 4.39 Å². The molecule has 27 heavy (non-hydrogen) atoms. The molecular weight excluding hydrogens is 359 g/mol. The summed E-state index contributed by atoms with van der Waals surface area (Å²) < 4.78 is 13.1. The van der Waals surface area contributed by atoms with Crippen LogP contribution in [0.4, 0.5) is 4.39 Å². The number of halogens is 2. The Bertz CT molecular complexity index is 885. The minimum absolute atomic E-state index is 0.224. The third kappa shape index (κ3) is 4.55. The quantitative estimate of drug-likeness (QED) is 0.558. The lowest BCUT2D eigenvalue weighted by Gasteiger charge is -2.32. The standard InChI is InChI=1S/C23H22ClFN2/c24-21-5-1-18(2-6-21)19-10-13-27(14-11-19)16-17-9-12-26-23(15-17)20-3-7-22(25)8-4-20/h1-9,12,15,19H,10-11,13-14,16H2. The van der Waals surface area contributed by atoms with Crippen LogP contribution >= 0.6 is 11.6 Å². The van der Waals surface area contributed by atoms with Crippen molar-refractivity contribution in [2.45, 2.75) is 25.3 Å². The van der Waals surface area contributed by atoms with Gasteiger partial charge in [-0.3, -0.25) is 9.88 Å². The molecule has 0 spiro atoms. The molecule has 0 N–H and O–H groups in total. The van der Waals surface area contributed by atoms with Gasteiger partial charge in [-0.1, -0.05) is 23.7 Å². The largest absolute Gasteiger partial charge is 0.299 e. The topological polar surface area (TPSA) is 16.1 Å². The van der Waals surface area contributed by atoms with Crippen LogP contribution in [0.25, 0.3) is 11.3 Å². The Morgan fingerprint density at radius 1 is 0.963 bits per heavy atom. The SMILES string of the molecule is Fc1ccc(-c2cc(CN3CCC(c4ccc(Cl)cc4)CC3)ccn2)cc1. The van der Waals surface area contributed by atoms with Crippen LogP contribution in [0.5, 0.6) is 0 Å². The molecule has 2 heterocycles. The average molecular weight is 381 g/mol. The van der Waals surface area contributed by atoms with Gasteiger partial charge in [0.2, 0.25) is 0 Å². The van der Waals surface area contributed by atoms with E-state index in [2.05, 4.69) is 34.1 Å². The lowest BCUT2D eigenvalue weighted by Crippen LogP contribution is -2.32. The molecule has 1 aliphatic heterocycles. The molecule has 0 aliphatic carbocycles. The summed E-state index contributed by atoms with van der Waals surface area (Å²) in [4.78, 5) is 6.94. The van der Waals surface area contributed by atoms with Crippen molar-refractivity contribution in [2.75, 3.05) is 13.1 Å². The van der Waals surface area contributed by atoms with Gasteiger partial charge in [0.15, 0.2) is 0 Å². The van der Waals surface area contributed by atoms with Crippen LogP contribution in [-0.2, 0) is 6.54 Å². The highest BCUT2D eigenvalue weighted by atomic mass is 35.5. The van der Waals surface area contributed by atoms with E-state index < -0.39 is 0 Å². The fourth-order valence-corrected chi connectivity index (χ4v) is 3.89. The molecule has 2 nitrogen and oxygen atoms in total. The third-order valence-electron chi connectivity index (χ3n) is 5.30. The van der Waals surface area contributed by atoms with Crippen LogP contribution in [0.1, 0.15) is 29.9 Å². The number of likely N-dealkylation sites (tertiary alicyclic amines) is 1. The van der Waals surface area contributed by atoms with Gasteiger partial charge < -0.3 is 0 Å². The third-order valence-corrected chi connectivity index (χ3v) is 5.55. The summed E-state index contributed by atoms with van der Waals surface area (Å²) in [6.45, 7) is 3.09. The van der Waals surface area contributed by atoms with Crippen molar-refractivity contribution in [3.8, 4) is 11.3 Å². The van der Waals surface area contributed by atoms with E-state index in [0.717, 1.165) is 48.8 Å². The van der Waals surface area contributed by atoms with E-state index in [4.69, 9.17) is 11.6 Å². The first-order chi connectivity index (χ1) is 13.2. The second-order valence-corrected chi connectivity index (χ2v) is 7.59. The highest BCUT2D eigenvalue weighted by molar-refractivity contribution is 6.30. The fraction of sp³-hybridized carbons (Fsp3) is 0.261. The van der Waals surface area contributed by atoms with Gasteiger partial charge >= 0.3 is 0 Å². The number of hydrogen-bond donors (Lipinski definition) is 0. The highest BCUT2D eigenvalue weighted by Gasteiger charge is 2.20. The number of aromatic nitrogens is 1. The van der Waals surface area contributed by atoms with Crippen molar-refractivity contribution in [2.24, 2.45) is 0 Å². The minimum atomic E-state index is -0.224. The zero-order valence-electron chi connectivity index (χ0n) is 15.1. The second-order valence-electron chi connectivity index (χ2n) is 7.16. The maximum absolute atomic E-state index is 13.1. The molecule has 4 rings (SSSR count). The molecule has 1 fully saturated rings. The summed E-state index contributed by atoms with van der Waals surface area (Å²) in [5.74, 6) is 0.393. The number of rotatable bonds is 4. The summed E-state index contributed by atoms with van der Waals surface area (Å²) in [6, 6.07) is 19.0. The molecule has 0 saturated carbocycles. The first-order valence-electron chi connectivity index (χ1n) is 9.36. The second kappa shape index (κ2) is 8.20. The van der Waals surface area contributed by atoms with Gasteiger partial charge in [-0.15, -0.1) is 0 Å². The summed E-state index contributed by atoms with van der Waals surface area (Å²) in [7, 11) is 0. The molecular formula is C23H22ClFN2. The van der Waals surface area contributed by atoms with Crippen LogP contribution in [0, 0.1) is 5.82 Å². The number of pyridine rings is 1. The van der Waals surface area contributed by atoms with Crippen molar-refractivity contribution in [3.05, 3.63) is 88.8 Å². The van der Waals surface area contributed by atoms with Crippen molar-refractivity contribution in [1.82, 2.24) is 9.88 Å². The van der Waals surface area contributed by atoms with Crippen molar-refractivity contribution < 1.29 is 4.39 Å². The zero-order chi connectivity index (χ0) is 18.6. The minimum Gasteiger partial charge on any atom is -0.299 e. The maximum atomic E-state index is 13.1. The molecule has 4 heteroatoms. The van der Waals surface area contributed by atoms with Crippen LogP contribution in [0.15, 0.2) is 66.9 Å². The Balaban J connectivity index is 1.38. The van der Waals surface area contributed by atoms with Crippen LogP contribution in [0.2, 0.25) is 5.02 Å². The Labute approximate surface area is 164 Å². The number of piperidine rings is 1. The van der Waals surface area contributed by atoms with Gasteiger partial charge in [-0.2, -0.15) is 0 Å². The summed E-state index contributed by atoms with van der Waals surface area (Å²) in [6.07, 6.45) is 4.17. The monoisotopic (exact) mass is 380 g/mol. The summed E-state index contributed by atoms with van der Waals surface area (Å²) in [5.41, 5.74) is 4.47. The Morgan fingerprint density at radius 3 is 2.37 bits per heavy atom. The van der Waals surface area contributed by atoms with Gasteiger partial charge in [-0.05, 0) is 91.5 Å². The first-order valence-corrected chi connectivity index (χ1v) is 9.74. The fourth-order valence-electron chi connectivity index (χ4n) is 3.77. The van der Waals surface area contributed by atoms with Crippen LogP contribution in [-0.4, -0.2) is 23.0 Å². The van der Waals surface area contributed by atoms with E-state index in [1.807, 2.05) is 18.3 Å². The van der Waals surface area contributed by atoms with E-state index in [9.17, 15) is 4.39 Å². The normalized spacial score (nSPS) is 15.8. The van der Waals surface area contributed by atoms with Crippen molar-refractivity contribution >= 4 is 11.6 Å². The van der Waals surface area contributed by atoms with E-state index in [1.54, 1.807) is 12.1 Å². The van der Waals surface area contributed by atoms with E-state index in [-0.39, 0.29) is 5.82 Å². The lowest BCUT2D eigenvalue weighted by atomic mass is 9.89. The smallest absolute Gasteiger partial charge is 0.123 e. The van der Waals surface area contributed by atoms with Crippen LogP contribution in [0.3, 0.4) is 0 Å². The highest BCUT2D eigenvalue weighted by Crippen LogP contribution is 2.29. The first kappa shape index (κ1) is 18.1. The molecule has 0 bridgehead atoms. The summed E-state index contributed by atoms with van der Waals surface area (Å²) >= 11 is 6.00. The van der Waals surface area contributed by atoms with Crippen molar-refractivity contribution in [3.63, 3.8) is 0 Å². The molecule has 0 atom stereocenters. The lowest BCUT2D eigenvalue weighted by molar-refractivity contribution is 0.204. The van der Waals surface area contributed by atoms with E-state index >= 15 is 0 Å². The molecule has 3 aromatic rings. The molecule has 1 aromatic heterocycles. The Hall–Kier alpha value is -2.23. The van der Waals surface area contributed by atoms with Gasteiger partial charge in [0.25, 0.3) is 0 Å². The molecule has 1 saturated heterocycles. The Kier molecular flexibility index (Phi) is 5.51. The molecule has 0 unspecified atom stereocenters. The van der Waals surface area contributed by atoms with E-state index in [0.29, 0.717) is 5.92 Å². The van der Waals surface area contributed by atoms with Gasteiger partial charge in [0.05, 0.1) is 5.69 Å². The predicted octanol–water partition coefficient (Wildman–Crippen LogP) is 5.92. The molecule has 2 aromatic carbocycles. The Morgan fingerprint density at radius 2 is 1.67 bits per heavy atom.